The molecule has 0 aromatic heterocycles. The molecule has 106 valence electrons. The smallest absolute Gasteiger partial charge is 0.141 e. The largest absolute Gasteiger partial charge is 0.496 e. The van der Waals surface area contributed by atoms with Crippen LogP contribution >= 0.6 is 31.9 Å². The summed E-state index contributed by atoms with van der Waals surface area (Å²) in [5.41, 5.74) is 0.963. The molecule has 19 heavy (non-hydrogen) atoms. The summed E-state index contributed by atoms with van der Waals surface area (Å²) in [5.74, 6) is 0.649. The molecule has 3 unspecified atom stereocenters. The van der Waals surface area contributed by atoms with Gasteiger partial charge in [0.1, 0.15) is 11.6 Å². The Kier molecular flexibility index (Phi) is 5.26. The molecule has 1 fully saturated rings. The van der Waals surface area contributed by atoms with Crippen LogP contribution in [0.1, 0.15) is 30.2 Å². The highest BCUT2D eigenvalue weighted by Crippen LogP contribution is 2.44. The second-order valence-corrected chi connectivity index (χ2v) is 6.52. The van der Waals surface area contributed by atoms with E-state index >= 15 is 0 Å². The van der Waals surface area contributed by atoms with Gasteiger partial charge in [0.25, 0.3) is 0 Å². The van der Waals surface area contributed by atoms with Crippen LogP contribution in [0.5, 0.6) is 5.75 Å². The Labute approximate surface area is 129 Å². The van der Waals surface area contributed by atoms with Crippen LogP contribution in [0.15, 0.2) is 16.6 Å². The zero-order chi connectivity index (χ0) is 14.0. The summed E-state index contributed by atoms with van der Waals surface area (Å²) in [4.78, 5) is 0.104. The molecule has 1 saturated heterocycles. The highest BCUT2D eigenvalue weighted by atomic mass is 79.9. The molecule has 1 aromatic rings. The van der Waals surface area contributed by atoms with Gasteiger partial charge in [0.2, 0.25) is 0 Å². The van der Waals surface area contributed by atoms with Crippen molar-refractivity contribution in [2.45, 2.75) is 30.7 Å². The highest BCUT2D eigenvalue weighted by molar-refractivity contribution is 9.10. The Hall–Kier alpha value is -0.130. The molecule has 0 N–H and O–H groups in total. The van der Waals surface area contributed by atoms with Crippen LogP contribution < -0.4 is 4.74 Å². The fourth-order valence-corrected chi connectivity index (χ4v) is 3.91. The molecule has 5 heteroatoms. The predicted molar refractivity (Wildman–Crippen MR) is 80.5 cm³/mol. The van der Waals surface area contributed by atoms with E-state index < -0.39 is 0 Å². The van der Waals surface area contributed by atoms with Crippen molar-refractivity contribution in [3.63, 3.8) is 0 Å². The van der Waals surface area contributed by atoms with Crippen molar-refractivity contribution in [2.24, 2.45) is 5.92 Å². The lowest BCUT2D eigenvalue weighted by atomic mass is 9.91. The molecular weight excluding hydrogens is 379 g/mol. The first-order valence-electron chi connectivity index (χ1n) is 6.37. The van der Waals surface area contributed by atoms with Gasteiger partial charge in [-0.2, -0.15) is 0 Å². The monoisotopic (exact) mass is 394 g/mol. The van der Waals surface area contributed by atoms with Gasteiger partial charge in [-0.15, -0.1) is 0 Å². The van der Waals surface area contributed by atoms with Crippen LogP contribution in [-0.2, 0) is 4.74 Å². The number of hydrogen-bond acceptors (Lipinski definition) is 2. The van der Waals surface area contributed by atoms with Crippen molar-refractivity contribution in [3.05, 3.63) is 28.0 Å². The molecule has 0 radical (unpaired) electrons. The first kappa shape index (κ1) is 15.3. The van der Waals surface area contributed by atoms with Gasteiger partial charge in [0, 0.05) is 29.0 Å². The van der Waals surface area contributed by atoms with E-state index in [9.17, 15) is 4.39 Å². The van der Waals surface area contributed by atoms with Crippen LogP contribution in [0, 0.1) is 11.7 Å². The Morgan fingerprint density at radius 2 is 2.26 bits per heavy atom. The zero-order valence-corrected chi connectivity index (χ0v) is 14.1. The Morgan fingerprint density at radius 3 is 2.89 bits per heavy atom. The van der Waals surface area contributed by atoms with Crippen molar-refractivity contribution in [1.82, 2.24) is 0 Å². The summed E-state index contributed by atoms with van der Waals surface area (Å²) in [7, 11) is 1.56. The second kappa shape index (κ2) is 6.55. The van der Waals surface area contributed by atoms with E-state index in [2.05, 4.69) is 38.8 Å². The fraction of sp³-hybridized carbons (Fsp3) is 0.571. The molecule has 3 atom stereocenters. The lowest BCUT2D eigenvalue weighted by Crippen LogP contribution is -2.19. The molecule has 0 saturated carbocycles. The van der Waals surface area contributed by atoms with Gasteiger partial charge in [-0.05, 0) is 34.8 Å². The van der Waals surface area contributed by atoms with Crippen molar-refractivity contribution < 1.29 is 13.9 Å². The Bertz CT molecular complexity index is 453. The van der Waals surface area contributed by atoms with Crippen LogP contribution in [0.25, 0.3) is 0 Å². The van der Waals surface area contributed by atoms with E-state index in [1.807, 2.05) is 0 Å². The number of methoxy groups -OCH3 is 1. The molecule has 2 nitrogen and oxygen atoms in total. The average molecular weight is 396 g/mol. The molecule has 0 bridgehead atoms. The third-order valence-corrected chi connectivity index (χ3v) is 5.39. The van der Waals surface area contributed by atoms with E-state index in [4.69, 9.17) is 9.47 Å². The van der Waals surface area contributed by atoms with Crippen LogP contribution in [0.3, 0.4) is 0 Å². The fourth-order valence-electron chi connectivity index (χ4n) is 2.59. The van der Waals surface area contributed by atoms with Gasteiger partial charge in [-0.1, -0.05) is 22.9 Å². The third-order valence-electron chi connectivity index (χ3n) is 3.61. The van der Waals surface area contributed by atoms with Gasteiger partial charge in [0.15, 0.2) is 0 Å². The standard InChI is InChI=1S/C14H17Br2FO2/c1-3-12-8(4-5-19-12)14(16)9-6-10(15)11(17)7-13(9)18-2/h6-8,12,14H,3-5H2,1-2H3. The van der Waals surface area contributed by atoms with Gasteiger partial charge < -0.3 is 9.47 Å². The van der Waals surface area contributed by atoms with E-state index in [1.54, 1.807) is 13.2 Å². The minimum atomic E-state index is -0.310. The van der Waals surface area contributed by atoms with Crippen LogP contribution in [-0.4, -0.2) is 19.8 Å². The normalized spacial score (nSPS) is 24.5. The maximum atomic E-state index is 13.6. The number of alkyl halides is 1. The third kappa shape index (κ3) is 3.14. The number of ether oxygens (including phenoxy) is 2. The summed E-state index contributed by atoms with van der Waals surface area (Å²) in [6.07, 6.45) is 2.24. The minimum Gasteiger partial charge on any atom is -0.496 e. The quantitative estimate of drug-likeness (QED) is 0.678. The first-order valence-corrected chi connectivity index (χ1v) is 8.08. The SMILES string of the molecule is CCC1OCCC1C(Br)c1cc(Br)c(F)cc1OC. The highest BCUT2D eigenvalue weighted by Gasteiger charge is 2.34. The van der Waals surface area contributed by atoms with Crippen LogP contribution in [0.4, 0.5) is 4.39 Å². The summed E-state index contributed by atoms with van der Waals surface area (Å²) in [6, 6.07) is 3.21. The molecule has 1 aliphatic heterocycles. The number of benzene rings is 1. The summed E-state index contributed by atoms with van der Waals surface area (Å²) < 4.78 is 25.0. The average Bonchev–Trinajstić information content (AvgIpc) is 2.88. The molecule has 0 amide bonds. The lowest BCUT2D eigenvalue weighted by molar-refractivity contribution is 0.0871. The maximum absolute atomic E-state index is 13.6. The molecule has 1 aliphatic rings. The number of halogens is 3. The second-order valence-electron chi connectivity index (χ2n) is 4.68. The summed E-state index contributed by atoms with van der Waals surface area (Å²) in [5, 5.41) is 0. The van der Waals surface area contributed by atoms with Gasteiger partial charge >= 0.3 is 0 Å². The van der Waals surface area contributed by atoms with Crippen molar-refractivity contribution in [2.75, 3.05) is 13.7 Å². The predicted octanol–water partition coefficient (Wildman–Crippen LogP) is 4.85. The van der Waals surface area contributed by atoms with Gasteiger partial charge in [-0.3, -0.25) is 0 Å². The van der Waals surface area contributed by atoms with Crippen LogP contribution in [0.2, 0.25) is 0 Å². The first-order chi connectivity index (χ1) is 9.08. The van der Waals surface area contributed by atoms with E-state index in [0.29, 0.717) is 16.1 Å². The molecule has 1 heterocycles. The van der Waals surface area contributed by atoms with Crippen molar-refractivity contribution in [1.29, 1.82) is 0 Å². The number of hydrogen-bond donors (Lipinski definition) is 0. The maximum Gasteiger partial charge on any atom is 0.141 e. The van der Waals surface area contributed by atoms with E-state index in [0.717, 1.165) is 25.0 Å². The zero-order valence-electron chi connectivity index (χ0n) is 11.0. The summed E-state index contributed by atoms with van der Waals surface area (Å²) >= 11 is 6.98. The molecule has 0 aliphatic carbocycles. The molecular formula is C14H17Br2FO2. The van der Waals surface area contributed by atoms with Crippen molar-refractivity contribution >= 4 is 31.9 Å². The molecule has 0 spiro atoms. The van der Waals surface area contributed by atoms with E-state index in [1.165, 1.54) is 6.07 Å². The van der Waals surface area contributed by atoms with Gasteiger partial charge in [0.05, 0.1) is 17.7 Å². The Morgan fingerprint density at radius 1 is 1.53 bits per heavy atom. The lowest BCUT2D eigenvalue weighted by Gasteiger charge is -2.24. The Balaban J connectivity index is 2.32. The molecule has 2 rings (SSSR count). The van der Waals surface area contributed by atoms with E-state index in [-0.39, 0.29) is 16.7 Å². The summed E-state index contributed by atoms with van der Waals surface area (Å²) in [6.45, 7) is 2.91. The van der Waals surface area contributed by atoms with Crippen molar-refractivity contribution in [3.8, 4) is 5.75 Å². The molecule has 1 aromatic carbocycles. The minimum absolute atomic E-state index is 0.104. The van der Waals surface area contributed by atoms with Gasteiger partial charge in [-0.25, -0.2) is 4.39 Å². The topological polar surface area (TPSA) is 18.5 Å². The number of rotatable bonds is 4.